The molecule has 20 heavy (non-hydrogen) atoms. The molecule has 0 saturated carbocycles. The highest BCUT2D eigenvalue weighted by molar-refractivity contribution is 6.29. The van der Waals surface area contributed by atoms with Crippen LogP contribution in [0.4, 0.5) is 10.6 Å². The topological polar surface area (TPSA) is 76.1 Å². The first kappa shape index (κ1) is 16.5. The zero-order valence-electron chi connectivity index (χ0n) is 12.3. The minimum absolute atomic E-state index is 0.404. The Hall–Kier alpha value is -1.56. The molecule has 1 amide bonds. The van der Waals surface area contributed by atoms with E-state index in [2.05, 4.69) is 20.6 Å². The lowest BCUT2D eigenvalue weighted by Gasteiger charge is -2.19. The SMILES string of the molecule is Cc1nc(Cl)cc(NCCCNC(=O)OC(C)(C)C)n1. The molecule has 1 aromatic heterocycles. The monoisotopic (exact) mass is 300 g/mol. The molecule has 0 unspecified atom stereocenters. The summed E-state index contributed by atoms with van der Waals surface area (Å²) in [5.41, 5.74) is -0.475. The van der Waals surface area contributed by atoms with Gasteiger partial charge in [-0.2, -0.15) is 0 Å². The van der Waals surface area contributed by atoms with Crippen LogP contribution < -0.4 is 10.6 Å². The third kappa shape index (κ3) is 7.13. The molecule has 1 heterocycles. The van der Waals surface area contributed by atoms with E-state index in [4.69, 9.17) is 16.3 Å². The van der Waals surface area contributed by atoms with Crippen molar-refractivity contribution in [3.8, 4) is 0 Å². The van der Waals surface area contributed by atoms with E-state index in [1.807, 2.05) is 20.8 Å². The van der Waals surface area contributed by atoms with E-state index in [1.165, 1.54) is 0 Å². The molecule has 0 fully saturated rings. The lowest BCUT2D eigenvalue weighted by molar-refractivity contribution is 0.0528. The van der Waals surface area contributed by atoms with E-state index in [0.717, 1.165) is 6.42 Å². The average Bonchev–Trinajstić information content (AvgIpc) is 2.24. The Bertz CT molecular complexity index is 440. The molecular weight excluding hydrogens is 280 g/mol. The average molecular weight is 301 g/mol. The third-order valence-electron chi connectivity index (χ3n) is 2.13. The Morgan fingerprint density at radius 2 is 2.05 bits per heavy atom. The summed E-state index contributed by atoms with van der Waals surface area (Å²) in [7, 11) is 0. The molecule has 0 saturated heterocycles. The van der Waals surface area contributed by atoms with Crippen LogP contribution in [0, 0.1) is 6.92 Å². The molecule has 0 spiro atoms. The van der Waals surface area contributed by atoms with Crippen molar-refractivity contribution in [2.45, 2.75) is 39.7 Å². The van der Waals surface area contributed by atoms with Crippen molar-refractivity contribution < 1.29 is 9.53 Å². The highest BCUT2D eigenvalue weighted by Crippen LogP contribution is 2.10. The number of nitrogens with zero attached hydrogens (tertiary/aromatic N) is 2. The maximum atomic E-state index is 11.4. The maximum absolute atomic E-state index is 11.4. The standard InChI is InChI=1S/C13H21ClN4O2/c1-9-17-10(14)8-11(18-9)15-6-5-7-16-12(19)20-13(2,3)4/h8H,5-7H2,1-4H3,(H,16,19)(H,15,17,18). The van der Waals surface area contributed by atoms with Crippen molar-refractivity contribution in [1.82, 2.24) is 15.3 Å². The molecule has 6 nitrogen and oxygen atoms in total. The number of carbonyl (C=O) groups is 1. The van der Waals surface area contributed by atoms with Gasteiger partial charge in [0.1, 0.15) is 22.4 Å². The molecule has 1 rings (SSSR count). The van der Waals surface area contributed by atoms with Gasteiger partial charge in [-0.15, -0.1) is 0 Å². The van der Waals surface area contributed by atoms with Gasteiger partial charge in [-0.3, -0.25) is 0 Å². The molecule has 112 valence electrons. The number of carbonyl (C=O) groups excluding carboxylic acids is 1. The number of hydrogen-bond acceptors (Lipinski definition) is 5. The Morgan fingerprint density at radius 1 is 1.35 bits per heavy atom. The maximum Gasteiger partial charge on any atom is 0.407 e. The normalized spacial score (nSPS) is 11.1. The molecule has 0 aliphatic heterocycles. The van der Waals surface area contributed by atoms with E-state index >= 15 is 0 Å². The van der Waals surface area contributed by atoms with Crippen molar-refractivity contribution in [1.29, 1.82) is 0 Å². The summed E-state index contributed by atoms with van der Waals surface area (Å²) in [6, 6.07) is 1.66. The number of aryl methyl sites for hydroxylation is 1. The number of aromatic nitrogens is 2. The summed E-state index contributed by atoms with van der Waals surface area (Å²) in [4.78, 5) is 19.6. The van der Waals surface area contributed by atoms with Gasteiger partial charge in [0.15, 0.2) is 0 Å². The fourth-order valence-electron chi connectivity index (χ4n) is 1.43. The second kappa shape index (κ2) is 7.28. The van der Waals surface area contributed by atoms with Crippen LogP contribution in [-0.4, -0.2) is 34.8 Å². The molecule has 0 radical (unpaired) electrons. The van der Waals surface area contributed by atoms with Gasteiger partial charge in [-0.05, 0) is 34.1 Å². The lowest BCUT2D eigenvalue weighted by Crippen LogP contribution is -2.33. The molecule has 2 N–H and O–H groups in total. The van der Waals surface area contributed by atoms with E-state index in [-0.39, 0.29) is 0 Å². The number of alkyl carbamates (subject to hydrolysis) is 1. The predicted octanol–water partition coefficient (Wildman–Crippen LogP) is 2.77. The number of amides is 1. The summed E-state index contributed by atoms with van der Waals surface area (Å²) in [5.74, 6) is 1.30. The van der Waals surface area contributed by atoms with Gasteiger partial charge in [0.2, 0.25) is 0 Å². The number of rotatable bonds is 5. The van der Waals surface area contributed by atoms with Crippen LogP contribution in [0.25, 0.3) is 0 Å². The van der Waals surface area contributed by atoms with Crippen LogP contribution in [0.2, 0.25) is 5.15 Å². The van der Waals surface area contributed by atoms with E-state index in [9.17, 15) is 4.79 Å². The highest BCUT2D eigenvalue weighted by Gasteiger charge is 2.15. The zero-order valence-corrected chi connectivity index (χ0v) is 13.0. The van der Waals surface area contributed by atoms with Crippen LogP contribution in [0.5, 0.6) is 0 Å². The lowest BCUT2D eigenvalue weighted by atomic mass is 10.2. The molecular formula is C13H21ClN4O2. The molecule has 0 aromatic carbocycles. The molecule has 1 aromatic rings. The number of halogens is 1. The summed E-state index contributed by atoms with van der Waals surface area (Å²) < 4.78 is 5.13. The Kier molecular flexibility index (Phi) is 6.01. The van der Waals surface area contributed by atoms with Crippen LogP contribution in [0.1, 0.15) is 33.0 Å². The minimum Gasteiger partial charge on any atom is -0.444 e. The number of hydrogen-bond donors (Lipinski definition) is 2. The van der Waals surface area contributed by atoms with Crippen LogP contribution >= 0.6 is 11.6 Å². The Balaban J connectivity index is 2.20. The minimum atomic E-state index is -0.475. The van der Waals surface area contributed by atoms with E-state index in [0.29, 0.717) is 29.9 Å². The number of nitrogens with one attached hydrogen (secondary N) is 2. The van der Waals surface area contributed by atoms with Gasteiger partial charge in [-0.25, -0.2) is 14.8 Å². The summed E-state index contributed by atoms with van der Waals surface area (Å²) >= 11 is 5.83. The first-order chi connectivity index (χ1) is 9.26. The second-order valence-corrected chi connectivity index (χ2v) is 5.72. The molecule has 0 aliphatic rings. The predicted molar refractivity (Wildman–Crippen MR) is 79.1 cm³/mol. The smallest absolute Gasteiger partial charge is 0.407 e. The van der Waals surface area contributed by atoms with Crippen molar-refractivity contribution in [3.05, 3.63) is 17.0 Å². The first-order valence-corrected chi connectivity index (χ1v) is 6.86. The summed E-state index contributed by atoms with van der Waals surface area (Å²) in [5, 5.41) is 6.22. The van der Waals surface area contributed by atoms with E-state index in [1.54, 1.807) is 13.0 Å². The fourth-order valence-corrected chi connectivity index (χ4v) is 1.66. The molecule has 0 bridgehead atoms. The van der Waals surface area contributed by atoms with Crippen LogP contribution in [-0.2, 0) is 4.74 Å². The molecule has 0 atom stereocenters. The van der Waals surface area contributed by atoms with Crippen LogP contribution in [0.15, 0.2) is 6.07 Å². The highest BCUT2D eigenvalue weighted by atomic mass is 35.5. The summed E-state index contributed by atoms with van der Waals surface area (Å²) in [6.07, 6.45) is 0.346. The molecule has 0 aliphatic carbocycles. The van der Waals surface area contributed by atoms with Crippen molar-refractivity contribution in [3.63, 3.8) is 0 Å². The van der Waals surface area contributed by atoms with Crippen molar-refractivity contribution in [2.75, 3.05) is 18.4 Å². The zero-order chi connectivity index (χ0) is 15.2. The van der Waals surface area contributed by atoms with E-state index < -0.39 is 11.7 Å². The van der Waals surface area contributed by atoms with Crippen molar-refractivity contribution in [2.24, 2.45) is 0 Å². The van der Waals surface area contributed by atoms with Gasteiger partial charge >= 0.3 is 6.09 Å². The van der Waals surface area contributed by atoms with Gasteiger partial charge in [-0.1, -0.05) is 11.6 Å². The fraction of sp³-hybridized carbons (Fsp3) is 0.615. The number of ether oxygens (including phenoxy) is 1. The Morgan fingerprint density at radius 3 is 2.65 bits per heavy atom. The quantitative estimate of drug-likeness (QED) is 0.646. The van der Waals surface area contributed by atoms with Gasteiger partial charge in [0, 0.05) is 19.2 Å². The molecule has 7 heteroatoms. The summed E-state index contributed by atoms with van der Waals surface area (Å²) in [6.45, 7) is 8.46. The van der Waals surface area contributed by atoms with Crippen LogP contribution in [0.3, 0.4) is 0 Å². The second-order valence-electron chi connectivity index (χ2n) is 5.33. The Labute approximate surface area is 124 Å². The number of anilines is 1. The van der Waals surface area contributed by atoms with Gasteiger partial charge in [0.25, 0.3) is 0 Å². The van der Waals surface area contributed by atoms with Gasteiger partial charge < -0.3 is 15.4 Å². The van der Waals surface area contributed by atoms with Crippen molar-refractivity contribution >= 4 is 23.5 Å². The first-order valence-electron chi connectivity index (χ1n) is 6.48. The largest absolute Gasteiger partial charge is 0.444 e. The van der Waals surface area contributed by atoms with Gasteiger partial charge in [0.05, 0.1) is 0 Å². The third-order valence-corrected chi connectivity index (χ3v) is 2.33.